The topological polar surface area (TPSA) is 0 Å². The summed E-state index contributed by atoms with van der Waals surface area (Å²) in [7, 11) is 0. The predicted molar refractivity (Wildman–Crippen MR) is 204 cm³/mol. The monoisotopic (exact) mass is 606 g/mol. The Kier molecular flexibility index (Phi) is 8.28. The van der Waals surface area contributed by atoms with Crippen LogP contribution in [0.2, 0.25) is 0 Å². The van der Waals surface area contributed by atoms with Crippen molar-refractivity contribution in [3.8, 4) is 22.3 Å². The first-order chi connectivity index (χ1) is 22.7. The van der Waals surface area contributed by atoms with Crippen molar-refractivity contribution in [3.63, 3.8) is 0 Å². The van der Waals surface area contributed by atoms with Gasteiger partial charge in [0.05, 0.1) is 0 Å². The van der Waals surface area contributed by atoms with E-state index in [4.69, 9.17) is 0 Å². The second-order valence-electron chi connectivity index (χ2n) is 11.4. The van der Waals surface area contributed by atoms with E-state index in [1.807, 2.05) is 0 Å². The van der Waals surface area contributed by atoms with E-state index in [1.54, 1.807) is 11.8 Å². The van der Waals surface area contributed by atoms with Crippen molar-refractivity contribution in [1.29, 1.82) is 0 Å². The van der Waals surface area contributed by atoms with Crippen molar-refractivity contribution in [3.05, 3.63) is 180 Å². The molecule has 46 heavy (non-hydrogen) atoms. The highest BCUT2D eigenvalue weighted by molar-refractivity contribution is 7.98. The minimum atomic E-state index is 0.940. The van der Waals surface area contributed by atoms with Crippen LogP contribution in [0, 0.1) is 0 Å². The van der Waals surface area contributed by atoms with E-state index in [-0.39, 0.29) is 0 Å². The summed E-state index contributed by atoms with van der Waals surface area (Å²) in [4.78, 5) is 1.24. The highest BCUT2D eigenvalue weighted by Crippen LogP contribution is 2.45. The lowest BCUT2D eigenvalue weighted by Crippen LogP contribution is -1.95. The molecule has 0 atom stereocenters. The number of benzene rings is 6. The Morgan fingerprint density at radius 2 is 1.33 bits per heavy atom. The van der Waals surface area contributed by atoms with E-state index >= 15 is 0 Å². The molecule has 1 aliphatic carbocycles. The first kappa shape index (κ1) is 29.4. The molecule has 0 amide bonds. The van der Waals surface area contributed by atoms with Crippen LogP contribution < -0.4 is 0 Å². The summed E-state index contributed by atoms with van der Waals surface area (Å²) in [6.45, 7) is 6.40. The van der Waals surface area contributed by atoms with Crippen molar-refractivity contribution in [1.82, 2.24) is 0 Å². The number of thioether (sulfide) groups is 1. The SMILES string of the molecule is C=C1C=Cc2cccc(/C=C\C)c2C=C=C(c2c3ccccc3c(-c3ccccc3-c3ccccc3)c3cc(SC)ccc23)/C=C\1. The molecule has 0 unspecified atom stereocenters. The summed E-state index contributed by atoms with van der Waals surface area (Å²) in [5.41, 5.74) is 15.3. The summed E-state index contributed by atoms with van der Waals surface area (Å²) in [5, 5.41) is 4.86. The van der Waals surface area contributed by atoms with Crippen molar-refractivity contribution in [2.45, 2.75) is 11.8 Å². The van der Waals surface area contributed by atoms with Gasteiger partial charge in [0.2, 0.25) is 0 Å². The van der Waals surface area contributed by atoms with E-state index in [0.29, 0.717) is 0 Å². The van der Waals surface area contributed by atoms with Crippen LogP contribution in [0.25, 0.3) is 67.6 Å². The summed E-state index contributed by atoms with van der Waals surface area (Å²) in [6.07, 6.45) is 17.1. The van der Waals surface area contributed by atoms with Gasteiger partial charge in [0.1, 0.15) is 0 Å². The highest BCUT2D eigenvalue weighted by atomic mass is 32.2. The molecule has 0 fully saturated rings. The first-order valence-corrected chi connectivity index (χ1v) is 16.8. The first-order valence-electron chi connectivity index (χ1n) is 15.6. The average molecular weight is 607 g/mol. The van der Waals surface area contributed by atoms with Gasteiger partial charge < -0.3 is 0 Å². The molecule has 0 spiro atoms. The normalized spacial score (nSPS) is 13.7. The van der Waals surface area contributed by atoms with Crippen molar-refractivity contribution < 1.29 is 0 Å². The van der Waals surface area contributed by atoms with Crippen molar-refractivity contribution >= 4 is 57.1 Å². The van der Waals surface area contributed by atoms with Crippen LogP contribution in [-0.2, 0) is 0 Å². The van der Waals surface area contributed by atoms with Crippen LogP contribution in [0.1, 0.15) is 29.2 Å². The molecule has 0 saturated carbocycles. The molecule has 1 aliphatic rings. The van der Waals surface area contributed by atoms with Crippen LogP contribution in [0.15, 0.2) is 162 Å². The van der Waals surface area contributed by atoms with E-state index in [2.05, 4.69) is 183 Å². The fraction of sp³-hybridized carbons (Fsp3) is 0.0444. The Hall–Kier alpha value is -5.33. The maximum Gasteiger partial charge on any atom is 0.0249 e. The Morgan fingerprint density at radius 1 is 0.630 bits per heavy atom. The molecule has 0 N–H and O–H groups in total. The molecule has 0 aliphatic heterocycles. The largest absolute Gasteiger partial charge is 0.130 e. The summed E-state index contributed by atoms with van der Waals surface area (Å²) < 4.78 is 0. The third kappa shape index (κ3) is 5.52. The van der Waals surface area contributed by atoms with Crippen molar-refractivity contribution in [2.24, 2.45) is 0 Å². The van der Waals surface area contributed by atoms with Gasteiger partial charge in [-0.1, -0.05) is 140 Å². The van der Waals surface area contributed by atoms with Crippen LogP contribution in [0.5, 0.6) is 0 Å². The zero-order valence-corrected chi connectivity index (χ0v) is 26.9. The molecule has 6 aromatic carbocycles. The second-order valence-corrected chi connectivity index (χ2v) is 12.3. The maximum atomic E-state index is 4.35. The molecule has 7 rings (SSSR count). The average Bonchev–Trinajstić information content (AvgIpc) is 3.10. The van der Waals surface area contributed by atoms with E-state index in [0.717, 1.165) is 22.3 Å². The van der Waals surface area contributed by atoms with Gasteiger partial charge in [0.15, 0.2) is 0 Å². The van der Waals surface area contributed by atoms with Gasteiger partial charge >= 0.3 is 0 Å². The van der Waals surface area contributed by atoms with Gasteiger partial charge in [-0.15, -0.1) is 17.5 Å². The Bertz CT molecular complexity index is 2290. The van der Waals surface area contributed by atoms with E-state index < -0.39 is 0 Å². The lowest BCUT2D eigenvalue weighted by molar-refractivity contribution is 1.51. The fourth-order valence-corrected chi connectivity index (χ4v) is 6.91. The van der Waals surface area contributed by atoms with Gasteiger partial charge in [-0.05, 0) is 104 Å². The number of fused-ring (bicyclic) bond motifs is 3. The van der Waals surface area contributed by atoms with Gasteiger partial charge in [-0.3, -0.25) is 0 Å². The molecule has 0 radical (unpaired) electrons. The number of rotatable bonds is 5. The summed E-state index contributed by atoms with van der Waals surface area (Å²) in [5.74, 6) is 0. The predicted octanol–water partition coefficient (Wildman–Crippen LogP) is 12.9. The van der Waals surface area contributed by atoms with Crippen LogP contribution in [0.4, 0.5) is 0 Å². The second kappa shape index (κ2) is 13.0. The lowest BCUT2D eigenvalue weighted by atomic mass is 9.83. The van der Waals surface area contributed by atoms with Crippen molar-refractivity contribution in [2.75, 3.05) is 6.26 Å². The molecule has 1 heteroatoms. The summed E-state index contributed by atoms with van der Waals surface area (Å²) in [6, 6.07) is 41.7. The van der Waals surface area contributed by atoms with Gasteiger partial charge in [-0.2, -0.15) is 0 Å². The van der Waals surface area contributed by atoms with Crippen LogP contribution in [0.3, 0.4) is 0 Å². The minimum Gasteiger partial charge on any atom is -0.130 e. The molecule has 0 saturated heterocycles. The smallest absolute Gasteiger partial charge is 0.0249 e. The molecule has 0 heterocycles. The van der Waals surface area contributed by atoms with Gasteiger partial charge in [0, 0.05) is 16.0 Å². The number of hydrogen-bond acceptors (Lipinski definition) is 1. The Balaban J connectivity index is 1.61. The molecule has 6 aromatic rings. The van der Waals surface area contributed by atoms with Crippen LogP contribution in [-0.4, -0.2) is 6.26 Å². The fourth-order valence-electron chi connectivity index (χ4n) is 6.47. The molecule has 0 aromatic heterocycles. The summed E-state index contributed by atoms with van der Waals surface area (Å²) >= 11 is 1.78. The Labute approximate surface area is 276 Å². The molecule has 220 valence electrons. The highest BCUT2D eigenvalue weighted by Gasteiger charge is 2.20. The maximum absolute atomic E-state index is 4.35. The van der Waals surface area contributed by atoms with E-state index in [9.17, 15) is 0 Å². The molecule has 0 bridgehead atoms. The van der Waals surface area contributed by atoms with E-state index in [1.165, 1.54) is 59.8 Å². The number of hydrogen-bond donors (Lipinski definition) is 0. The van der Waals surface area contributed by atoms with Gasteiger partial charge in [-0.25, -0.2) is 0 Å². The quantitative estimate of drug-likeness (QED) is 0.107. The third-order valence-electron chi connectivity index (χ3n) is 8.61. The number of allylic oxidation sites excluding steroid dienone is 6. The zero-order valence-electron chi connectivity index (χ0n) is 26.1. The Morgan fingerprint density at radius 3 is 2.11 bits per heavy atom. The molecular weight excluding hydrogens is 573 g/mol. The molecule has 0 nitrogen and oxygen atoms in total. The standard InChI is InChI=1S/C45H34S/c1-4-13-32-16-12-17-34-24-22-31(2)23-25-35(26-28-37(32)34)44-40-20-10-11-21-41(40)45(43-30-36(46-3)27-29-42(43)44)39-19-9-8-18-38(39)33-14-6-5-7-15-33/h4-25,27-30H,2H2,1,3H3/b13-4-,24-22?,25-23-. The van der Waals surface area contributed by atoms with Crippen LogP contribution >= 0.6 is 11.8 Å². The third-order valence-corrected chi connectivity index (χ3v) is 9.34. The minimum absolute atomic E-state index is 0.940. The van der Waals surface area contributed by atoms with Gasteiger partial charge in [0.25, 0.3) is 0 Å². The molecular formula is C45H34S. The lowest BCUT2D eigenvalue weighted by Gasteiger charge is -2.20. The zero-order chi connectivity index (χ0) is 31.5.